The molecule has 2 N–H and O–H groups in total. The van der Waals surface area contributed by atoms with Crippen molar-refractivity contribution in [1.82, 2.24) is 19.5 Å². The van der Waals surface area contributed by atoms with Crippen LogP contribution in [0, 0.1) is 5.41 Å². The largest absolute Gasteiger partial charge is 0.508 e. The van der Waals surface area contributed by atoms with Crippen molar-refractivity contribution in [3.05, 3.63) is 70.6 Å². The summed E-state index contributed by atoms with van der Waals surface area (Å²) in [6, 6.07) is 3.88. The third-order valence-electron chi connectivity index (χ3n) is 5.18. The molecule has 3 rings (SSSR count). The molecule has 0 aliphatic heterocycles. The van der Waals surface area contributed by atoms with Gasteiger partial charge in [0.15, 0.2) is 5.82 Å². The van der Waals surface area contributed by atoms with E-state index in [1.165, 1.54) is 36.0 Å². The number of halogens is 4. The molecule has 188 valence electrons. The maximum absolute atomic E-state index is 13.0. The van der Waals surface area contributed by atoms with E-state index < -0.39 is 34.1 Å². The van der Waals surface area contributed by atoms with Gasteiger partial charge in [-0.25, -0.2) is 22.8 Å². The molecule has 1 saturated carbocycles. The number of aliphatic hydroxyl groups is 1. The molecule has 1 amide bonds. The highest BCUT2D eigenvalue weighted by Gasteiger charge is 2.64. The number of amides is 1. The van der Waals surface area contributed by atoms with Gasteiger partial charge in [-0.05, 0) is 50.1 Å². The second kappa shape index (κ2) is 9.74. The fourth-order valence-electron chi connectivity index (χ4n) is 2.72. The van der Waals surface area contributed by atoms with Gasteiger partial charge in [0, 0.05) is 12.3 Å². The van der Waals surface area contributed by atoms with Crippen LogP contribution >= 0.6 is 11.6 Å². The minimum Gasteiger partial charge on any atom is -0.508 e. The van der Waals surface area contributed by atoms with E-state index in [9.17, 15) is 31.5 Å². The van der Waals surface area contributed by atoms with Crippen molar-refractivity contribution in [2.24, 2.45) is 5.41 Å². The number of alkyl halides is 3. The van der Waals surface area contributed by atoms with Gasteiger partial charge in [-0.15, -0.1) is 5.10 Å². The molecule has 0 aromatic carbocycles. The van der Waals surface area contributed by atoms with Gasteiger partial charge in [-0.1, -0.05) is 18.2 Å². The summed E-state index contributed by atoms with van der Waals surface area (Å²) in [5, 5.41) is 13.0. The number of ether oxygens (including phenoxy) is 1. The van der Waals surface area contributed by atoms with Crippen LogP contribution in [0.3, 0.4) is 0 Å². The van der Waals surface area contributed by atoms with Crippen molar-refractivity contribution in [1.29, 1.82) is 0 Å². The summed E-state index contributed by atoms with van der Waals surface area (Å²) in [6.07, 6.45) is 0.285. The van der Waals surface area contributed by atoms with E-state index in [4.69, 9.17) is 16.3 Å². The van der Waals surface area contributed by atoms with E-state index in [2.05, 4.69) is 16.7 Å². The molecule has 2 heterocycles. The summed E-state index contributed by atoms with van der Waals surface area (Å²) in [4.78, 5) is 16.2. The van der Waals surface area contributed by atoms with Crippen LogP contribution in [-0.4, -0.2) is 47.0 Å². The van der Waals surface area contributed by atoms with Crippen LogP contribution in [0.4, 0.5) is 13.2 Å². The number of allylic oxidation sites excluding steroid dienone is 4. The van der Waals surface area contributed by atoms with E-state index in [1.54, 1.807) is 0 Å². The highest BCUT2D eigenvalue weighted by Crippen LogP contribution is 2.57. The second-order valence-electron chi connectivity index (χ2n) is 7.68. The SMILES string of the molecule is C=C/C(O)=C\C=C(/C)S(=O)(=O)NC(=O)c1ccc(-n2ccc(OCC3(C(F)(F)F)CC3)n2)nc1Cl. The smallest absolute Gasteiger partial charge is 0.397 e. The minimum atomic E-state index is -4.35. The summed E-state index contributed by atoms with van der Waals surface area (Å²) in [5.41, 5.74) is -2.09. The Morgan fingerprint density at radius 2 is 2.03 bits per heavy atom. The fraction of sp³-hybridized carbons (Fsp3) is 0.286. The number of sulfonamides is 1. The quantitative estimate of drug-likeness (QED) is 0.281. The molecular weight excluding hydrogens is 513 g/mol. The number of hydrogen-bond donors (Lipinski definition) is 2. The van der Waals surface area contributed by atoms with Crippen molar-refractivity contribution in [3.8, 4) is 11.7 Å². The van der Waals surface area contributed by atoms with Gasteiger partial charge >= 0.3 is 6.18 Å². The van der Waals surface area contributed by atoms with Crippen LogP contribution < -0.4 is 9.46 Å². The molecule has 0 unspecified atom stereocenters. The Hall–Kier alpha value is -3.32. The van der Waals surface area contributed by atoms with Gasteiger partial charge in [0.2, 0.25) is 5.88 Å². The van der Waals surface area contributed by atoms with Crippen LogP contribution in [0.2, 0.25) is 5.15 Å². The normalized spacial score (nSPS) is 16.0. The lowest BCUT2D eigenvalue weighted by Gasteiger charge is -2.18. The predicted molar refractivity (Wildman–Crippen MR) is 121 cm³/mol. The van der Waals surface area contributed by atoms with Crippen LogP contribution in [0.15, 0.2) is 59.9 Å². The highest BCUT2D eigenvalue weighted by atomic mass is 35.5. The first-order valence-corrected chi connectivity index (χ1v) is 11.8. The van der Waals surface area contributed by atoms with Crippen molar-refractivity contribution in [2.45, 2.75) is 25.9 Å². The number of rotatable bonds is 9. The summed E-state index contributed by atoms with van der Waals surface area (Å²) in [5.74, 6) is -1.26. The monoisotopic (exact) mass is 532 g/mol. The maximum Gasteiger partial charge on any atom is 0.397 e. The molecule has 0 radical (unpaired) electrons. The first kappa shape index (κ1) is 26.3. The molecule has 1 aliphatic carbocycles. The maximum atomic E-state index is 13.0. The first-order chi connectivity index (χ1) is 16.3. The third kappa shape index (κ3) is 6.03. The van der Waals surface area contributed by atoms with Gasteiger partial charge in [0.25, 0.3) is 15.9 Å². The number of hydrogen-bond acceptors (Lipinski definition) is 7. The third-order valence-corrected chi connectivity index (χ3v) is 6.90. The summed E-state index contributed by atoms with van der Waals surface area (Å²) < 4.78 is 71.9. The zero-order valence-corrected chi connectivity index (χ0v) is 19.8. The molecule has 1 fully saturated rings. The fourth-order valence-corrected chi connectivity index (χ4v) is 3.72. The van der Waals surface area contributed by atoms with E-state index in [-0.39, 0.29) is 45.9 Å². The summed E-state index contributed by atoms with van der Waals surface area (Å²) in [6.45, 7) is 3.98. The number of nitrogens with zero attached hydrogens (tertiary/aromatic N) is 3. The average Bonchev–Trinajstić information content (AvgIpc) is 3.45. The highest BCUT2D eigenvalue weighted by molar-refractivity contribution is 7.93. The first-order valence-electron chi connectivity index (χ1n) is 9.97. The Morgan fingerprint density at radius 1 is 1.34 bits per heavy atom. The van der Waals surface area contributed by atoms with Crippen LogP contribution in [0.25, 0.3) is 5.82 Å². The van der Waals surface area contributed by atoms with Gasteiger partial charge in [-0.3, -0.25) is 4.79 Å². The van der Waals surface area contributed by atoms with Crippen LogP contribution in [-0.2, 0) is 10.0 Å². The molecular formula is C21H20ClF3N4O5S. The Labute approximate surface area is 203 Å². The Balaban J connectivity index is 1.70. The summed E-state index contributed by atoms with van der Waals surface area (Å²) in [7, 11) is -4.24. The van der Waals surface area contributed by atoms with Crippen molar-refractivity contribution >= 4 is 27.5 Å². The lowest BCUT2D eigenvalue weighted by Crippen LogP contribution is -2.31. The molecule has 0 atom stereocenters. The Kier molecular flexibility index (Phi) is 7.31. The van der Waals surface area contributed by atoms with Gasteiger partial charge < -0.3 is 9.84 Å². The summed E-state index contributed by atoms with van der Waals surface area (Å²) >= 11 is 6.06. The van der Waals surface area contributed by atoms with E-state index in [0.717, 1.165) is 18.2 Å². The second-order valence-corrected chi connectivity index (χ2v) is 9.89. The molecule has 0 spiro atoms. The van der Waals surface area contributed by atoms with Gasteiger partial charge in [0.05, 0.1) is 10.5 Å². The Bertz CT molecular complexity index is 1310. The zero-order chi connectivity index (χ0) is 26.0. The molecule has 2 aromatic rings. The minimum absolute atomic E-state index is 0.00305. The van der Waals surface area contributed by atoms with Gasteiger partial charge in [-0.2, -0.15) is 13.2 Å². The molecule has 35 heavy (non-hydrogen) atoms. The Morgan fingerprint density at radius 3 is 2.60 bits per heavy atom. The van der Waals surface area contributed by atoms with Crippen LogP contribution in [0.1, 0.15) is 30.1 Å². The number of aromatic nitrogens is 3. The number of carbonyl (C=O) groups is 1. The average molecular weight is 533 g/mol. The number of nitrogens with one attached hydrogen (secondary N) is 1. The van der Waals surface area contributed by atoms with Crippen LogP contribution in [0.5, 0.6) is 5.88 Å². The molecule has 0 bridgehead atoms. The van der Waals surface area contributed by atoms with E-state index in [1.807, 2.05) is 4.72 Å². The predicted octanol–water partition coefficient (Wildman–Crippen LogP) is 4.23. The standard InChI is InChI=1S/C21H20ClF3N4O5S/c1-3-14(30)5-4-13(2)35(32,33)28-19(31)15-6-7-16(26-18(15)22)29-11-8-17(27-29)34-12-20(9-10-20)21(23,24)25/h3-8,11,30H,1,9-10,12H2,2H3,(H,28,31)/b13-4+,14-5+. The molecule has 14 heteroatoms. The number of aliphatic hydroxyl groups excluding tert-OH is 1. The lowest BCUT2D eigenvalue weighted by atomic mass is 10.1. The lowest BCUT2D eigenvalue weighted by molar-refractivity contribution is -0.194. The van der Waals surface area contributed by atoms with Crippen molar-refractivity contribution in [3.63, 3.8) is 0 Å². The molecule has 1 aliphatic rings. The molecule has 0 saturated heterocycles. The van der Waals surface area contributed by atoms with Crippen molar-refractivity contribution < 1.29 is 36.2 Å². The zero-order valence-electron chi connectivity index (χ0n) is 18.2. The number of carbonyl (C=O) groups excluding carboxylic acids is 1. The molecule has 9 nitrogen and oxygen atoms in total. The molecule has 2 aromatic heterocycles. The van der Waals surface area contributed by atoms with Crippen molar-refractivity contribution in [2.75, 3.05) is 6.61 Å². The van der Waals surface area contributed by atoms with Gasteiger partial charge in [0.1, 0.15) is 22.9 Å². The number of pyridine rings is 1. The van der Waals surface area contributed by atoms with E-state index >= 15 is 0 Å². The topological polar surface area (TPSA) is 123 Å². The van der Waals surface area contributed by atoms with E-state index in [0.29, 0.717) is 0 Å².